The Kier molecular flexibility index (Phi) is 6.10. The first-order chi connectivity index (χ1) is 16.8. The predicted octanol–water partition coefficient (Wildman–Crippen LogP) is 3.80. The van der Waals surface area contributed by atoms with Crippen molar-refractivity contribution in [2.24, 2.45) is 0 Å². The summed E-state index contributed by atoms with van der Waals surface area (Å²) >= 11 is 0. The highest BCUT2D eigenvalue weighted by molar-refractivity contribution is 5.90. The Bertz CT molecular complexity index is 1230. The van der Waals surface area contributed by atoms with Crippen molar-refractivity contribution in [2.75, 3.05) is 56.2 Å². The van der Waals surface area contributed by atoms with Crippen LogP contribution in [0.25, 0.3) is 11.0 Å². The van der Waals surface area contributed by atoms with Crippen LogP contribution in [0.1, 0.15) is 5.56 Å². The minimum absolute atomic E-state index is 0.185. The molecular weight excluding hydrogens is 463 g/mol. The lowest BCUT2D eigenvalue weighted by Crippen LogP contribution is -2.49. The molecule has 2 saturated heterocycles. The Morgan fingerprint density at radius 1 is 1.11 bits per heavy atom. The van der Waals surface area contributed by atoms with Gasteiger partial charge in [-0.1, -0.05) is 6.07 Å². The number of anilines is 2. The van der Waals surface area contributed by atoms with Gasteiger partial charge in [0.1, 0.15) is 11.6 Å². The van der Waals surface area contributed by atoms with E-state index in [1.807, 2.05) is 12.1 Å². The van der Waals surface area contributed by atoms with Crippen LogP contribution in [0.4, 0.5) is 29.3 Å². The minimum Gasteiger partial charge on any atom is -0.481 e. The topological polar surface area (TPSA) is 71.0 Å². The Morgan fingerprint density at radius 3 is 2.66 bits per heavy atom. The zero-order chi connectivity index (χ0) is 24.6. The molecule has 4 heterocycles. The Hall–Kier alpha value is -3.60. The van der Waals surface area contributed by atoms with Crippen LogP contribution in [0.5, 0.6) is 5.88 Å². The van der Waals surface area contributed by atoms with Crippen molar-refractivity contribution in [1.29, 1.82) is 0 Å². The molecule has 2 aromatic heterocycles. The lowest BCUT2D eigenvalue weighted by molar-refractivity contribution is -0.137. The van der Waals surface area contributed by atoms with Crippen molar-refractivity contribution in [1.82, 2.24) is 14.9 Å². The molecule has 1 amide bonds. The van der Waals surface area contributed by atoms with Crippen molar-refractivity contribution in [3.63, 3.8) is 0 Å². The van der Waals surface area contributed by atoms with Crippen molar-refractivity contribution in [3.8, 4) is 5.88 Å². The summed E-state index contributed by atoms with van der Waals surface area (Å²) in [6.07, 6.45) is -3.76. The molecular formula is C24H24F3N5O3. The number of amides is 1. The van der Waals surface area contributed by atoms with E-state index >= 15 is 0 Å². The summed E-state index contributed by atoms with van der Waals surface area (Å²) in [6.45, 7) is 3.69. The zero-order valence-electron chi connectivity index (χ0n) is 19.0. The molecule has 2 fully saturated rings. The first-order valence-corrected chi connectivity index (χ1v) is 11.2. The summed E-state index contributed by atoms with van der Waals surface area (Å²) in [6, 6.07) is 10.3. The van der Waals surface area contributed by atoms with Gasteiger partial charge in [-0.25, -0.2) is 9.78 Å². The average Bonchev–Trinajstić information content (AvgIpc) is 3.23. The van der Waals surface area contributed by atoms with Gasteiger partial charge in [0.25, 0.3) is 0 Å². The highest BCUT2D eigenvalue weighted by atomic mass is 19.4. The standard InChI is InChI=1S/C24H24F3N5O3/c1-34-21-6-5-19-22(29-21)20(7-8-28-19)31-11-9-30(10-12-31)14-18-15-32(23(33)35-18)17-4-2-3-16(13-17)24(25,26)27/h2-8,13,18H,9-12,14-15H2,1H3. The molecule has 35 heavy (non-hydrogen) atoms. The fraction of sp³-hybridized carbons (Fsp3) is 0.375. The van der Waals surface area contributed by atoms with E-state index in [1.54, 1.807) is 19.4 Å². The van der Waals surface area contributed by atoms with Gasteiger partial charge >= 0.3 is 12.3 Å². The summed E-state index contributed by atoms with van der Waals surface area (Å²) < 4.78 is 49.9. The lowest BCUT2D eigenvalue weighted by Gasteiger charge is -2.36. The Labute approximate surface area is 199 Å². The molecule has 11 heteroatoms. The smallest absolute Gasteiger partial charge is 0.416 e. The van der Waals surface area contributed by atoms with Crippen molar-refractivity contribution >= 4 is 28.5 Å². The lowest BCUT2D eigenvalue weighted by atomic mass is 10.1. The van der Waals surface area contributed by atoms with E-state index in [2.05, 4.69) is 19.8 Å². The van der Waals surface area contributed by atoms with Crippen LogP contribution in [0.2, 0.25) is 0 Å². The monoisotopic (exact) mass is 487 g/mol. The number of methoxy groups -OCH3 is 1. The number of nitrogens with zero attached hydrogens (tertiary/aromatic N) is 5. The van der Waals surface area contributed by atoms with Gasteiger partial charge < -0.3 is 14.4 Å². The normalized spacial score (nSPS) is 19.3. The molecule has 0 radical (unpaired) electrons. The number of carbonyl (C=O) groups excluding carboxylic acids is 1. The van der Waals surface area contributed by atoms with Gasteiger partial charge in [0.15, 0.2) is 0 Å². The maximum Gasteiger partial charge on any atom is 0.416 e. The van der Waals surface area contributed by atoms with Crippen LogP contribution in [0.3, 0.4) is 0 Å². The van der Waals surface area contributed by atoms with Crippen LogP contribution >= 0.6 is 0 Å². The SMILES string of the molecule is COc1ccc2nccc(N3CCN(CC4CN(c5cccc(C(F)(F)F)c5)C(=O)O4)CC3)c2n1. The van der Waals surface area contributed by atoms with E-state index in [0.717, 1.165) is 55.0 Å². The van der Waals surface area contributed by atoms with E-state index in [9.17, 15) is 18.0 Å². The highest BCUT2D eigenvalue weighted by Gasteiger charge is 2.36. The molecule has 0 N–H and O–H groups in total. The largest absolute Gasteiger partial charge is 0.481 e. The fourth-order valence-corrected chi connectivity index (χ4v) is 4.50. The minimum atomic E-state index is -4.47. The number of ether oxygens (including phenoxy) is 2. The number of aromatic nitrogens is 2. The molecule has 0 saturated carbocycles. The second-order valence-electron chi connectivity index (χ2n) is 8.50. The molecule has 1 aromatic carbocycles. The van der Waals surface area contributed by atoms with Crippen LogP contribution in [-0.4, -0.2) is 73.4 Å². The van der Waals surface area contributed by atoms with E-state index in [1.165, 1.54) is 17.0 Å². The fourth-order valence-electron chi connectivity index (χ4n) is 4.50. The summed E-state index contributed by atoms with van der Waals surface area (Å²) in [5.74, 6) is 0.527. The van der Waals surface area contributed by atoms with Crippen molar-refractivity contribution in [2.45, 2.75) is 12.3 Å². The van der Waals surface area contributed by atoms with Gasteiger partial charge in [-0.15, -0.1) is 0 Å². The number of carbonyl (C=O) groups is 1. The highest BCUT2D eigenvalue weighted by Crippen LogP contribution is 2.33. The molecule has 2 aliphatic rings. The number of hydrogen-bond donors (Lipinski definition) is 0. The average molecular weight is 487 g/mol. The number of alkyl halides is 3. The molecule has 0 spiro atoms. The third kappa shape index (κ3) is 4.81. The van der Waals surface area contributed by atoms with Crippen LogP contribution < -0.4 is 14.5 Å². The number of cyclic esters (lactones) is 1. The van der Waals surface area contributed by atoms with E-state index in [0.29, 0.717) is 12.4 Å². The molecule has 0 bridgehead atoms. The first-order valence-electron chi connectivity index (χ1n) is 11.2. The third-order valence-corrected chi connectivity index (χ3v) is 6.28. The number of rotatable bonds is 5. The maximum absolute atomic E-state index is 13.1. The molecule has 0 aliphatic carbocycles. The summed E-state index contributed by atoms with van der Waals surface area (Å²) in [7, 11) is 1.58. The molecule has 3 aromatic rings. The Morgan fingerprint density at radius 2 is 1.91 bits per heavy atom. The molecule has 8 nitrogen and oxygen atoms in total. The van der Waals surface area contributed by atoms with E-state index in [4.69, 9.17) is 9.47 Å². The van der Waals surface area contributed by atoms with Crippen LogP contribution in [-0.2, 0) is 10.9 Å². The number of piperazine rings is 1. The van der Waals surface area contributed by atoms with Gasteiger partial charge in [0.2, 0.25) is 5.88 Å². The molecule has 2 aliphatic heterocycles. The number of hydrogen-bond acceptors (Lipinski definition) is 7. The molecule has 184 valence electrons. The summed E-state index contributed by atoms with van der Waals surface area (Å²) in [5, 5.41) is 0. The van der Waals surface area contributed by atoms with Gasteiger partial charge in [0, 0.05) is 50.7 Å². The van der Waals surface area contributed by atoms with Crippen molar-refractivity contribution < 1.29 is 27.4 Å². The molecule has 1 unspecified atom stereocenters. The summed E-state index contributed by atoms with van der Waals surface area (Å²) in [5.41, 5.74) is 1.94. The van der Waals surface area contributed by atoms with Crippen LogP contribution in [0.15, 0.2) is 48.7 Å². The second-order valence-corrected chi connectivity index (χ2v) is 8.50. The molecule has 1 atom stereocenters. The van der Waals surface area contributed by atoms with E-state index in [-0.39, 0.29) is 12.2 Å². The number of halogens is 3. The number of benzene rings is 1. The van der Waals surface area contributed by atoms with Gasteiger partial charge in [-0.05, 0) is 30.3 Å². The predicted molar refractivity (Wildman–Crippen MR) is 124 cm³/mol. The summed E-state index contributed by atoms with van der Waals surface area (Å²) in [4.78, 5) is 27.0. The number of fused-ring (bicyclic) bond motifs is 1. The van der Waals surface area contributed by atoms with Gasteiger partial charge in [0.05, 0.1) is 30.4 Å². The van der Waals surface area contributed by atoms with Gasteiger partial charge in [-0.2, -0.15) is 13.2 Å². The number of pyridine rings is 2. The zero-order valence-corrected chi connectivity index (χ0v) is 19.0. The van der Waals surface area contributed by atoms with Crippen molar-refractivity contribution in [3.05, 3.63) is 54.2 Å². The first kappa shape index (κ1) is 23.2. The van der Waals surface area contributed by atoms with Gasteiger partial charge in [-0.3, -0.25) is 14.8 Å². The second kappa shape index (κ2) is 9.21. The molecule has 5 rings (SSSR count). The Balaban J connectivity index is 1.21. The quantitative estimate of drug-likeness (QED) is 0.542. The van der Waals surface area contributed by atoms with E-state index < -0.39 is 23.9 Å². The maximum atomic E-state index is 13.1. The van der Waals surface area contributed by atoms with Crippen LogP contribution in [0, 0.1) is 0 Å². The third-order valence-electron chi connectivity index (χ3n) is 6.28.